The number of allylic oxidation sites excluding steroid dienone is 14. The highest BCUT2D eigenvalue weighted by atomic mass is 31.2. The molecule has 0 amide bonds. The SMILES string of the molecule is CCCCC/C=C\C/C=C\C/C=C\CCCCCCCCC(=O)OCC(COP(=O)(O)OCC(O)COP(=O)(O)OCC(COC(=O)CCCCCCCC/C=C\C/C=C\C/C=C\CCCCC)OC(=O)CCCCCCCCCCCCCCC)OC(=O)CCCCCCC/C=C\CCCCCC. The van der Waals surface area contributed by atoms with Gasteiger partial charge in [-0.15, -0.1) is 0 Å². The minimum Gasteiger partial charge on any atom is -0.462 e. The van der Waals surface area contributed by atoms with Crippen molar-refractivity contribution in [1.82, 2.24) is 0 Å². The molecule has 0 saturated heterocycles. The molecule has 0 aromatic rings. The third-order valence-electron chi connectivity index (χ3n) is 17.8. The lowest BCUT2D eigenvalue weighted by Gasteiger charge is -2.21. The van der Waals surface area contributed by atoms with Crippen molar-refractivity contribution in [3.63, 3.8) is 0 Å². The zero-order chi connectivity index (χ0) is 76.0. The predicted molar refractivity (Wildman–Crippen MR) is 427 cm³/mol. The number of rotatable bonds is 79. The first kappa shape index (κ1) is 100. The van der Waals surface area contributed by atoms with Crippen molar-refractivity contribution in [3.05, 3.63) is 85.1 Å². The van der Waals surface area contributed by atoms with Crippen molar-refractivity contribution in [2.75, 3.05) is 39.6 Å². The van der Waals surface area contributed by atoms with E-state index in [-0.39, 0.29) is 25.7 Å². The summed E-state index contributed by atoms with van der Waals surface area (Å²) >= 11 is 0. The molecular formula is C85H152O17P2. The highest BCUT2D eigenvalue weighted by Crippen LogP contribution is 2.45. The number of aliphatic hydroxyl groups is 1. The second kappa shape index (κ2) is 77.4. The van der Waals surface area contributed by atoms with Gasteiger partial charge in [-0.2, -0.15) is 0 Å². The molecule has 5 atom stereocenters. The van der Waals surface area contributed by atoms with Gasteiger partial charge in [0.2, 0.25) is 0 Å². The number of phosphoric acid groups is 2. The van der Waals surface area contributed by atoms with Crippen LogP contribution in [0.5, 0.6) is 0 Å². The summed E-state index contributed by atoms with van der Waals surface area (Å²) in [5, 5.41) is 10.7. The summed E-state index contributed by atoms with van der Waals surface area (Å²) in [4.78, 5) is 73.1. The third kappa shape index (κ3) is 76.4. The molecule has 19 heteroatoms. The monoisotopic (exact) mass is 1510 g/mol. The fraction of sp³-hybridized carbons (Fsp3) is 0.788. The molecule has 3 N–H and O–H groups in total. The molecule has 0 aromatic heterocycles. The Morgan fingerprint density at radius 1 is 0.269 bits per heavy atom. The van der Waals surface area contributed by atoms with Gasteiger partial charge < -0.3 is 33.8 Å². The predicted octanol–water partition coefficient (Wildman–Crippen LogP) is 24.6. The maximum atomic E-state index is 13.1. The van der Waals surface area contributed by atoms with Crippen molar-refractivity contribution < 1.29 is 80.2 Å². The third-order valence-corrected chi connectivity index (χ3v) is 19.7. The number of ether oxygens (including phenoxy) is 4. The zero-order valence-corrected chi connectivity index (χ0v) is 68.0. The van der Waals surface area contributed by atoms with Crippen molar-refractivity contribution >= 4 is 39.5 Å². The first-order valence-electron chi connectivity index (χ1n) is 41.8. The van der Waals surface area contributed by atoms with E-state index in [4.69, 9.17) is 37.0 Å². The Labute approximate surface area is 634 Å². The summed E-state index contributed by atoms with van der Waals surface area (Å²) < 4.78 is 68.7. The summed E-state index contributed by atoms with van der Waals surface area (Å²) in [5.74, 6) is -2.18. The molecule has 0 spiro atoms. The number of carbonyl (C=O) groups excluding carboxylic acids is 4. The Hall–Kier alpha value is -3.76. The van der Waals surface area contributed by atoms with E-state index >= 15 is 0 Å². The van der Waals surface area contributed by atoms with Gasteiger partial charge in [-0.05, 0) is 128 Å². The second-order valence-electron chi connectivity index (χ2n) is 28.1. The van der Waals surface area contributed by atoms with Gasteiger partial charge in [0.05, 0.1) is 26.4 Å². The standard InChI is InChI=1S/C85H152O17P2/c1-5-9-13-17-21-25-29-33-35-37-39-41-43-47-49-53-57-61-65-69-82(87)95-75-80(101-84(89)71-67-63-59-55-51-45-31-27-23-19-15-11-7-3)77-99-103(91,92)97-73-79(86)74-98-104(93,94)100-78-81(102-85(90)72-68-64-60-56-52-46-32-28-24-20-16-12-8-4)76-96-83(88)70-66-62-58-54-50-48-44-42-40-38-36-34-30-26-22-18-14-10-6-2/h21-22,25-27,31,33-36,39-42,79-81,86H,5-20,23-24,28-30,32,37-38,43-78H2,1-4H3,(H,91,92)(H,93,94)/b25-21-,26-22-,31-27-,35-33-,36-34-,41-39-,42-40-. The first-order chi connectivity index (χ1) is 50.7. The summed E-state index contributed by atoms with van der Waals surface area (Å²) in [7, 11) is -9.96. The normalized spacial score (nSPS) is 14.3. The van der Waals surface area contributed by atoms with Gasteiger partial charge in [0, 0.05) is 25.7 Å². The Kier molecular flexibility index (Phi) is 74.6. The number of aliphatic hydroxyl groups excluding tert-OH is 1. The van der Waals surface area contributed by atoms with Crippen LogP contribution in [0, 0.1) is 0 Å². The lowest BCUT2D eigenvalue weighted by molar-refractivity contribution is -0.161. The van der Waals surface area contributed by atoms with Crippen molar-refractivity contribution in [2.24, 2.45) is 0 Å². The molecule has 0 aromatic carbocycles. The summed E-state index contributed by atoms with van der Waals surface area (Å²) in [5.41, 5.74) is 0. The lowest BCUT2D eigenvalue weighted by Crippen LogP contribution is -2.30. The van der Waals surface area contributed by atoms with Crippen LogP contribution in [0.3, 0.4) is 0 Å². The van der Waals surface area contributed by atoms with Gasteiger partial charge in [-0.3, -0.25) is 37.3 Å². The Balaban J connectivity index is 5.32. The highest BCUT2D eigenvalue weighted by molar-refractivity contribution is 7.47. The van der Waals surface area contributed by atoms with Gasteiger partial charge in [0.1, 0.15) is 19.3 Å². The minimum absolute atomic E-state index is 0.0837. The van der Waals surface area contributed by atoms with Crippen LogP contribution in [0.2, 0.25) is 0 Å². The second-order valence-corrected chi connectivity index (χ2v) is 31.0. The number of esters is 4. The highest BCUT2D eigenvalue weighted by Gasteiger charge is 2.30. The Bertz CT molecular complexity index is 2300. The van der Waals surface area contributed by atoms with E-state index in [1.165, 1.54) is 116 Å². The Morgan fingerprint density at radius 2 is 0.471 bits per heavy atom. The molecule has 604 valence electrons. The van der Waals surface area contributed by atoms with Gasteiger partial charge in [-0.25, -0.2) is 9.13 Å². The van der Waals surface area contributed by atoms with Gasteiger partial charge in [0.25, 0.3) is 0 Å². The van der Waals surface area contributed by atoms with Crippen LogP contribution >= 0.6 is 15.6 Å². The molecule has 0 aliphatic rings. The van der Waals surface area contributed by atoms with E-state index in [1.807, 2.05) is 0 Å². The van der Waals surface area contributed by atoms with Crippen LogP contribution in [-0.4, -0.2) is 96.7 Å². The summed E-state index contributed by atoms with van der Waals surface area (Å²) in [6.45, 7) is 4.83. The largest absolute Gasteiger partial charge is 0.472 e. The minimum atomic E-state index is -4.98. The average Bonchev–Trinajstić information content (AvgIpc) is 0.913. The maximum absolute atomic E-state index is 13.1. The van der Waals surface area contributed by atoms with E-state index in [0.717, 1.165) is 180 Å². The molecule has 0 heterocycles. The number of hydrogen-bond donors (Lipinski definition) is 3. The smallest absolute Gasteiger partial charge is 0.462 e. The van der Waals surface area contributed by atoms with Crippen LogP contribution in [0.1, 0.15) is 374 Å². The molecule has 5 unspecified atom stereocenters. The van der Waals surface area contributed by atoms with Crippen LogP contribution in [0.4, 0.5) is 0 Å². The number of unbranched alkanes of at least 4 members (excludes halogenated alkanes) is 39. The fourth-order valence-corrected chi connectivity index (χ4v) is 13.0. The van der Waals surface area contributed by atoms with Gasteiger partial charge in [0.15, 0.2) is 12.2 Å². The average molecular weight is 1510 g/mol. The fourth-order valence-electron chi connectivity index (χ4n) is 11.4. The summed E-state index contributed by atoms with van der Waals surface area (Å²) in [6, 6.07) is 0. The molecule has 0 fully saturated rings. The molecule has 0 radical (unpaired) electrons. The van der Waals surface area contributed by atoms with E-state index in [2.05, 4.69) is 113 Å². The lowest BCUT2D eigenvalue weighted by atomic mass is 10.0. The van der Waals surface area contributed by atoms with Crippen LogP contribution in [0.25, 0.3) is 0 Å². The van der Waals surface area contributed by atoms with Crippen molar-refractivity contribution in [3.8, 4) is 0 Å². The molecule has 0 bridgehead atoms. The Morgan fingerprint density at radius 3 is 0.760 bits per heavy atom. The molecule has 17 nitrogen and oxygen atoms in total. The zero-order valence-electron chi connectivity index (χ0n) is 66.2. The quantitative estimate of drug-likeness (QED) is 0.0169. The van der Waals surface area contributed by atoms with Crippen molar-refractivity contribution in [2.45, 2.75) is 393 Å². The van der Waals surface area contributed by atoms with Crippen LogP contribution in [-0.2, 0) is 65.4 Å². The number of phosphoric ester groups is 2. The van der Waals surface area contributed by atoms with E-state index in [9.17, 15) is 43.2 Å². The molecule has 0 aliphatic heterocycles. The first-order valence-corrected chi connectivity index (χ1v) is 44.8. The van der Waals surface area contributed by atoms with E-state index in [0.29, 0.717) is 25.7 Å². The molecule has 0 aliphatic carbocycles. The topological polar surface area (TPSA) is 237 Å². The van der Waals surface area contributed by atoms with E-state index in [1.54, 1.807) is 0 Å². The maximum Gasteiger partial charge on any atom is 0.472 e. The van der Waals surface area contributed by atoms with Gasteiger partial charge >= 0.3 is 39.5 Å². The van der Waals surface area contributed by atoms with E-state index < -0.39 is 97.5 Å². The summed E-state index contributed by atoms with van der Waals surface area (Å²) in [6.07, 6.45) is 81.1. The van der Waals surface area contributed by atoms with Crippen molar-refractivity contribution in [1.29, 1.82) is 0 Å². The molecular weight excluding hydrogens is 1350 g/mol. The molecule has 104 heavy (non-hydrogen) atoms. The molecule has 0 saturated carbocycles. The number of carbonyl (C=O) groups is 4. The van der Waals surface area contributed by atoms with Gasteiger partial charge in [-0.1, -0.05) is 305 Å². The van der Waals surface area contributed by atoms with Crippen LogP contribution < -0.4 is 0 Å². The number of hydrogen-bond acceptors (Lipinski definition) is 15. The molecule has 0 rings (SSSR count). The van der Waals surface area contributed by atoms with Crippen LogP contribution in [0.15, 0.2) is 85.1 Å².